The smallest absolute Gasteiger partial charge is 0.142 e. The molecule has 6 heteroatoms. The molecule has 0 atom stereocenters. The molecular weight excluding hydrogens is 312 g/mol. The zero-order chi connectivity index (χ0) is 15.4. The summed E-state index contributed by atoms with van der Waals surface area (Å²) in [5.74, 6) is 1.38. The van der Waals surface area contributed by atoms with E-state index < -0.39 is 0 Å². The van der Waals surface area contributed by atoms with Gasteiger partial charge >= 0.3 is 0 Å². The Hall–Kier alpha value is -2.79. The molecule has 5 nitrogen and oxygen atoms in total. The summed E-state index contributed by atoms with van der Waals surface area (Å²) in [5, 5.41) is 3.22. The van der Waals surface area contributed by atoms with Gasteiger partial charge in [0.05, 0.1) is 18.5 Å². The molecule has 2 aromatic carbocycles. The van der Waals surface area contributed by atoms with Gasteiger partial charge in [0, 0.05) is 17.3 Å². The number of halogens is 1. The summed E-state index contributed by atoms with van der Waals surface area (Å²) < 4.78 is 5.33. The van der Waals surface area contributed by atoms with Crippen LogP contribution in [-0.4, -0.2) is 17.1 Å². The van der Waals surface area contributed by atoms with Gasteiger partial charge in [-0.05, 0) is 18.2 Å². The number of rotatable bonds is 4. The van der Waals surface area contributed by atoms with Gasteiger partial charge < -0.3 is 15.8 Å². The van der Waals surface area contributed by atoms with E-state index in [0.29, 0.717) is 17.3 Å². The van der Waals surface area contributed by atoms with Crippen molar-refractivity contribution in [2.45, 2.75) is 0 Å². The van der Waals surface area contributed by atoms with Crippen molar-refractivity contribution in [2.75, 3.05) is 18.2 Å². The second-order valence-corrected chi connectivity index (χ2v) is 4.74. The third-order valence-electron chi connectivity index (χ3n) is 3.22. The lowest BCUT2D eigenvalue weighted by atomic mass is 10.1. The Morgan fingerprint density at radius 2 is 1.78 bits per heavy atom. The molecule has 0 aliphatic carbocycles. The first-order valence-electron chi connectivity index (χ1n) is 6.84. The fraction of sp³-hybridized carbons (Fsp3) is 0.0588. The number of nitrogens with two attached hydrogens (primary N) is 1. The summed E-state index contributed by atoms with van der Waals surface area (Å²) >= 11 is 0. The Balaban J connectivity index is 0.00000192. The zero-order valence-corrected chi connectivity index (χ0v) is 13.4. The van der Waals surface area contributed by atoms with E-state index in [4.69, 9.17) is 10.5 Å². The molecule has 23 heavy (non-hydrogen) atoms. The lowest BCUT2D eigenvalue weighted by Crippen LogP contribution is -1.99. The van der Waals surface area contributed by atoms with E-state index in [2.05, 4.69) is 15.3 Å². The van der Waals surface area contributed by atoms with Gasteiger partial charge in [-0.2, -0.15) is 0 Å². The van der Waals surface area contributed by atoms with Gasteiger partial charge in [-0.15, -0.1) is 12.4 Å². The first kappa shape index (κ1) is 16.6. The van der Waals surface area contributed by atoms with Crippen LogP contribution in [-0.2, 0) is 0 Å². The second-order valence-electron chi connectivity index (χ2n) is 4.74. The third-order valence-corrected chi connectivity index (χ3v) is 3.22. The number of methoxy groups -OCH3 is 1. The molecule has 0 radical (unpaired) electrons. The van der Waals surface area contributed by atoms with Gasteiger partial charge in [0.15, 0.2) is 0 Å². The highest BCUT2D eigenvalue weighted by atomic mass is 35.5. The maximum atomic E-state index is 5.83. The monoisotopic (exact) mass is 328 g/mol. The number of hydrogen-bond donors (Lipinski definition) is 2. The maximum absolute atomic E-state index is 5.83. The highest BCUT2D eigenvalue weighted by Gasteiger charge is 2.06. The number of hydrogen-bond acceptors (Lipinski definition) is 5. The van der Waals surface area contributed by atoms with Crippen molar-refractivity contribution in [1.82, 2.24) is 9.97 Å². The lowest BCUT2D eigenvalue weighted by Gasteiger charge is -2.11. The Kier molecular flexibility index (Phi) is 5.38. The second kappa shape index (κ2) is 7.47. The van der Waals surface area contributed by atoms with Crippen molar-refractivity contribution in [3.63, 3.8) is 0 Å². The molecule has 3 aromatic rings. The van der Waals surface area contributed by atoms with E-state index in [1.54, 1.807) is 13.2 Å². The van der Waals surface area contributed by atoms with Gasteiger partial charge in [0.25, 0.3) is 0 Å². The van der Waals surface area contributed by atoms with Crippen LogP contribution in [0.3, 0.4) is 0 Å². The van der Waals surface area contributed by atoms with Crippen LogP contribution in [0.4, 0.5) is 17.2 Å². The zero-order valence-electron chi connectivity index (χ0n) is 12.6. The molecule has 1 heterocycles. The minimum Gasteiger partial charge on any atom is -0.495 e. The Bertz CT molecular complexity index is 781. The number of nitrogens with one attached hydrogen (secondary N) is 1. The minimum absolute atomic E-state index is 0. The predicted octanol–water partition coefficient (Wildman–Crippen LogP) is 3.90. The van der Waals surface area contributed by atoms with E-state index in [0.717, 1.165) is 16.9 Å². The van der Waals surface area contributed by atoms with Crippen molar-refractivity contribution >= 4 is 29.6 Å². The molecule has 118 valence electrons. The minimum atomic E-state index is 0. The third kappa shape index (κ3) is 3.90. The van der Waals surface area contributed by atoms with Crippen molar-refractivity contribution in [3.8, 4) is 17.0 Å². The molecule has 0 aliphatic heterocycles. The molecule has 0 saturated carbocycles. The van der Waals surface area contributed by atoms with Crippen molar-refractivity contribution in [2.24, 2.45) is 0 Å². The molecule has 0 bridgehead atoms. The standard InChI is InChI=1S/C17H16N4O.ClH/c1-22-16-8-7-13(18)9-15(16)21-17-10-14(19-11-20-17)12-5-3-2-4-6-12;/h2-11H,18H2,1H3,(H,19,20,21);1H. The van der Waals surface area contributed by atoms with E-state index >= 15 is 0 Å². The number of nitrogens with zero attached hydrogens (tertiary/aromatic N) is 2. The van der Waals surface area contributed by atoms with Gasteiger partial charge in [0.2, 0.25) is 0 Å². The predicted molar refractivity (Wildman–Crippen MR) is 95.4 cm³/mol. The van der Waals surface area contributed by atoms with Crippen LogP contribution in [0.1, 0.15) is 0 Å². The molecule has 3 rings (SSSR count). The summed E-state index contributed by atoms with van der Waals surface area (Å²) in [6, 6.07) is 17.2. The van der Waals surface area contributed by atoms with E-state index in [1.165, 1.54) is 6.33 Å². The molecule has 0 amide bonds. The van der Waals surface area contributed by atoms with Crippen LogP contribution in [0.5, 0.6) is 5.75 Å². The first-order chi connectivity index (χ1) is 10.8. The SMILES string of the molecule is COc1ccc(N)cc1Nc1cc(-c2ccccc2)ncn1.Cl. The topological polar surface area (TPSA) is 73.1 Å². The van der Waals surface area contributed by atoms with Crippen molar-refractivity contribution < 1.29 is 4.74 Å². The van der Waals surface area contributed by atoms with Crippen LogP contribution in [0.25, 0.3) is 11.3 Å². The highest BCUT2D eigenvalue weighted by Crippen LogP contribution is 2.29. The molecule has 0 aliphatic rings. The molecule has 1 aromatic heterocycles. The van der Waals surface area contributed by atoms with Gasteiger partial charge in [0.1, 0.15) is 17.9 Å². The van der Waals surface area contributed by atoms with Gasteiger partial charge in [-0.25, -0.2) is 9.97 Å². The van der Waals surface area contributed by atoms with Crippen LogP contribution >= 0.6 is 12.4 Å². The molecule has 0 unspecified atom stereocenters. The van der Waals surface area contributed by atoms with Crippen LogP contribution < -0.4 is 15.8 Å². The van der Waals surface area contributed by atoms with E-state index in [9.17, 15) is 0 Å². The van der Waals surface area contributed by atoms with Crippen molar-refractivity contribution in [1.29, 1.82) is 0 Å². The van der Waals surface area contributed by atoms with Gasteiger partial charge in [-0.3, -0.25) is 0 Å². The number of benzene rings is 2. The summed E-state index contributed by atoms with van der Waals surface area (Å²) in [7, 11) is 1.62. The summed E-state index contributed by atoms with van der Waals surface area (Å²) in [4.78, 5) is 8.55. The fourth-order valence-corrected chi connectivity index (χ4v) is 2.15. The van der Waals surface area contributed by atoms with E-state index in [-0.39, 0.29) is 12.4 Å². The van der Waals surface area contributed by atoms with E-state index in [1.807, 2.05) is 48.5 Å². The maximum Gasteiger partial charge on any atom is 0.142 e. The Labute approximate surface area is 141 Å². The molecule has 0 spiro atoms. The molecule has 0 saturated heterocycles. The Morgan fingerprint density at radius 3 is 2.52 bits per heavy atom. The highest BCUT2D eigenvalue weighted by molar-refractivity contribution is 5.85. The van der Waals surface area contributed by atoms with Crippen LogP contribution in [0, 0.1) is 0 Å². The molecular formula is C17H17ClN4O. The van der Waals surface area contributed by atoms with Crippen LogP contribution in [0.15, 0.2) is 60.9 Å². The van der Waals surface area contributed by atoms with Gasteiger partial charge in [-0.1, -0.05) is 30.3 Å². The first-order valence-corrected chi connectivity index (χ1v) is 6.84. The summed E-state index contributed by atoms with van der Waals surface area (Å²) in [6.07, 6.45) is 1.53. The summed E-state index contributed by atoms with van der Waals surface area (Å²) in [6.45, 7) is 0. The fourth-order valence-electron chi connectivity index (χ4n) is 2.15. The number of anilines is 3. The quantitative estimate of drug-likeness (QED) is 0.711. The number of nitrogen functional groups attached to an aromatic ring is 1. The molecule has 3 N–H and O–H groups in total. The Morgan fingerprint density at radius 1 is 1.00 bits per heavy atom. The largest absolute Gasteiger partial charge is 0.495 e. The number of ether oxygens (including phenoxy) is 1. The average molecular weight is 329 g/mol. The van der Waals surface area contributed by atoms with Crippen LogP contribution in [0.2, 0.25) is 0 Å². The lowest BCUT2D eigenvalue weighted by molar-refractivity contribution is 0.417. The number of aromatic nitrogens is 2. The average Bonchev–Trinajstić information content (AvgIpc) is 2.56. The normalized spacial score (nSPS) is 9.78. The molecule has 0 fully saturated rings. The summed E-state index contributed by atoms with van der Waals surface area (Å²) in [5.41, 5.74) is 9.13. The van der Waals surface area contributed by atoms with Crippen molar-refractivity contribution in [3.05, 3.63) is 60.9 Å².